The van der Waals surface area contributed by atoms with Gasteiger partial charge in [0.2, 0.25) is 0 Å². The third kappa shape index (κ3) is 4.07. The number of benzene rings is 1. The number of halogens is 1. The van der Waals surface area contributed by atoms with Crippen molar-refractivity contribution >= 4 is 33.3 Å². The summed E-state index contributed by atoms with van der Waals surface area (Å²) in [5, 5.41) is 6.28. The number of amides is 1. The highest BCUT2D eigenvalue weighted by Gasteiger charge is 2.16. The van der Waals surface area contributed by atoms with Gasteiger partial charge in [-0.25, -0.2) is 9.97 Å². The van der Waals surface area contributed by atoms with Crippen LogP contribution in [0.4, 0.5) is 11.5 Å². The molecule has 2 N–H and O–H groups in total. The quantitative estimate of drug-likeness (QED) is 0.843. The highest BCUT2D eigenvalue weighted by atomic mass is 79.9. The van der Waals surface area contributed by atoms with Crippen molar-refractivity contribution in [1.29, 1.82) is 0 Å². The van der Waals surface area contributed by atoms with Crippen LogP contribution in [0.15, 0.2) is 35.1 Å². The molecule has 1 aromatic heterocycles. The zero-order chi connectivity index (χ0) is 16.2. The molecule has 120 valence electrons. The Bertz CT molecular complexity index is 713. The van der Waals surface area contributed by atoms with E-state index in [1.54, 1.807) is 6.07 Å². The van der Waals surface area contributed by atoms with Crippen LogP contribution >= 0.6 is 15.9 Å². The molecular weight excluding hydrogens is 356 g/mol. The van der Waals surface area contributed by atoms with Gasteiger partial charge in [0, 0.05) is 22.3 Å². The summed E-state index contributed by atoms with van der Waals surface area (Å²) < 4.78 is 0.984. The maximum absolute atomic E-state index is 12.4. The lowest BCUT2D eigenvalue weighted by molar-refractivity contribution is 0.102. The fraction of sp³-hybridized carbons (Fsp3) is 0.353. The lowest BCUT2D eigenvalue weighted by Crippen LogP contribution is -2.18. The number of carbonyl (C=O) groups is 1. The van der Waals surface area contributed by atoms with E-state index in [0.717, 1.165) is 28.6 Å². The first-order chi connectivity index (χ1) is 11.1. The molecule has 5 nitrogen and oxygen atoms in total. The van der Waals surface area contributed by atoms with Gasteiger partial charge in [-0.05, 0) is 43.5 Å². The van der Waals surface area contributed by atoms with Crippen LogP contribution in [0.25, 0.3) is 0 Å². The summed E-state index contributed by atoms with van der Waals surface area (Å²) in [6.07, 6.45) is 6.24. The summed E-state index contributed by atoms with van der Waals surface area (Å²) in [5.74, 6) is 0.483. The van der Waals surface area contributed by atoms with E-state index in [0.29, 0.717) is 17.6 Å². The predicted molar refractivity (Wildman–Crippen MR) is 94.7 cm³/mol. The van der Waals surface area contributed by atoms with Gasteiger partial charge in [-0.1, -0.05) is 28.8 Å². The second-order valence-corrected chi connectivity index (χ2v) is 6.74. The molecule has 0 saturated heterocycles. The third-order valence-corrected chi connectivity index (χ3v) is 4.54. The molecule has 0 radical (unpaired) electrons. The third-order valence-electron chi connectivity index (χ3n) is 4.04. The van der Waals surface area contributed by atoms with E-state index in [1.807, 2.05) is 25.1 Å². The number of carbonyl (C=O) groups excluding carboxylic acids is 1. The average molecular weight is 375 g/mol. The normalized spacial score (nSPS) is 14.7. The Hall–Kier alpha value is -1.95. The van der Waals surface area contributed by atoms with Gasteiger partial charge >= 0.3 is 0 Å². The van der Waals surface area contributed by atoms with E-state index >= 15 is 0 Å². The van der Waals surface area contributed by atoms with E-state index in [9.17, 15) is 4.79 Å². The summed E-state index contributed by atoms with van der Waals surface area (Å²) in [6.45, 7) is 1.95. The Morgan fingerprint density at radius 1 is 1.22 bits per heavy atom. The molecular formula is C17H19BrN4O. The molecule has 1 saturated carbocycles. The maximum Gasteiger partial charge on any atom is 0.274 e. The lowest BCUT2D eigenvalue weighted by atomic mass is 10.2. The SMILES string of the molecule is Cc1cc(Br)ccc1NC(=O)c1cc(NC2CCCC2)ncn1. The average Bonchev–Trinajstić information content (AvgIpc) is 3.03. The topological polar surface area (TPSA) is 66.9 Å². The largest absolute Gasteiger partial charge is 0.367 e. The number of hydrogen-bond acceptors (Lipinski definition) is 4. The molecule has 1 aromatic carbocycles. The number of anilines is 2. The number of aryl methyl sites for hydroxylation is 1. The molecule has 2 aromatic rings. The fourth-order valence-corrected chi connectivity index (χ4v) is 3.27. The minimum absolute atomic E-state index is 0.229. The van der Waals surface area contributed by atoms with Gasteiger partial charge in [0.15, 0.2) is 0 Å². The van der Waals surface area contributed by atoms with Crippen molar-refractivity contribution in [2.75, 3.05) is 10.6 Å². The Morgan fingerprint density at radius 2 is 2.00 bits per heavy atom. The molecule has 1 aliphatic rings. The summed E-state index contributed by atoms with van der Waals surface area (Å²) in [6, 6.07) is 7.89. The zero-order valence-electron chi connectivity index (χ0n) is 13.0. The zero-order valence-corrected chi connectivity index (χ0v) is 14.6. The number of aromatic nitrogens is 2. The van der Waals surface area contributed by atoms with Gasteiger partial charge < -0.3 is 10.6 Å². The van der Waals surface area contributed by atoms with Gasteiger partial charge in [-0.15, -0.1) is 0 Å². The maximum atomic E-state index is 12.4. The molecule has 1 amide bonds. The van der Waals surface area contributed by atoms with Gasteiger partial charge in [-0.2, -0.15) is 0 Å². The highest BCUT2D eigenvalue weighted by molar-refractivity contribution is 9.10. The van der Waals surface area contributed by atoms with Crippen LogP contribution in [0, 0.1) is 6.92 Å². The molecule has 0 unspecified atom stereocenters. The van der Waals surface area contributed by atoms with Crippen molar-refractivity contribution in [3.63, 3.8) is 0 Å². The monoisotopic (exact) mass is 374 g/mol. The fourth-order valence-electron chi connectivity index (χ4n) is 2.79. The van der Waals surface area contributed by atoms with E-state index in [2.05, 4.69) is 36.5 Å². The number of nitrogens with zero attached hydrogens (tertiary/aromatic N) is 2. The van der Waals surface area contributed by atoms with Gasteiger partial charge in [0.05, 0.1) is 0 Å². The number of hydrogen-bond donors (Lipinski definition) is 2. The van der Waals surface area contributed by atoms with Crippen LogP contribution < -0.4 is 10.6 Å². The van der Waals surface area contributed by atoms with E-state index < -0.39 is 0 Å². The summed E-state index contributed by atoms with van der Waals surface area (Å²) in [4.78, 5) is 20.7. The highest BCUT2D eigenvalue weighted by Crippen LogP contribution is 2.22. The van der Waals surface area contributed by atoms with Crippen LogP contribution in [0.3, 0.4) is 0 Å². The van der Waals surface area contributed by atoms with E-state index in [1.165, 1.54) is 19.2 Å². The van der Waals surface area contributed by atoms with Crippen LogP contribution in [0.5, 0.6) is 0 Å². The molecule has 0 spiro atoms. The second-order valence-electron chi connectivity index (χ2n) is 5.83. The Balaban J connectivity index is 1.71. The van der Waals surface area contributed by atoms with Crippen molar-refractivity contribution in [2.24, 2.45) is 0 Å². The Labute approximate surface area is 144 Å². The van der Waals surface area contributed by atoms with Crippen LogP contribution in [0.1, 0.15) is 41.7 Å². The first kappa shape index (κ1) is 15.9. The molecule has 0 bridgehead atoms. The standard InChI is InChI=1S/C17H19BrN4O/c1-11-8-12(18)6-7-14(11)22-17(23)15-9-16(20-10-19-15)21-13-4-2-3-5-13/h6-10,13H,2-5H2,1H3,(H,22,23)(H,19,20,21). The van der Waals surface area contributed by atoms with Crippen molar-refractivity contribution in [3.05, 3.63) is 46.3 Å². The number of rotatable bonds is 4. The predicted octanol–water partition coefficient (Wildman–Crippen LogP) is 4.15. The molecule has 0 aliphatic heterocycles. The van der Waals surface area contributed by atoms with Crippen molar-refractivity contribution in [3.8, 4) is 0 Å². The molecule has 1 aliphatic carbocycles. The van der Waals surface area contributed by atoms with Gasteiger partial charge in [0.1, 0.15) is 17.8 Å². The summed E-state index contributed by atoms with van der Waals surface area (Å²) in [5.41, 5.74) is 2.14. The summed E-state index contributed by atoms with van der Waals surface area (Å²) >= 11 is 3.42. The van der Waals surface area contributed by atoms with Crippen molar-refractivity contribution < 1.29 is 4.79 Å². The second kappa shape index (κ2) is 7.08. The summed E-state index contributed by atoms with van der Waals surface area (Å²) in [7, 11) is 0. The molecule has 1 heterocycles. The first-order valence-corrected chi connectivity index (χ1v) is 8.57. The van der Waals surface area contributed by atoms with Crippen molar-refractivity contribution in [2.45, 2.75) is 38.6 Å². The van der Waals surface area contributed by atoms with E-state index in [-0.39, 0.29) is 5.91 Å². The Morgan fingerprint density at radius 3 is 2.74 bits per heavy atom. The van der Waals surface area contributed by atoms with E-state index in [4.69, 9.17) is 0 Å². The number of nitrogens with one attached hydrogen (secondary N) is 2. The van der Waals surface area contributed by atoms with Crippen molar-refractivity contribution in [1.82, 2.24) is 9.97 Å². The van der Waals surface area contributed by atoms with Gasteiger partial charge in [0.25, 0.3) is 5.91 Å². The molecule has 23 heavy (non-hydrogen) atoms. The smallest absolute Gasteiger partial charge is 0.274 e. The minimum Gasteiger partial charge on any atom is -0.367 e. The Kier molecular flexibility index (Phi) is 4.91. The van der Waals surface area contributed by atoms with Gasteiger partial charge in [-0.3, -0.25) is 4.79 Å². The lowest BCUT2D eigenvalue weighted by Gasteiger charge is -2.13. The minimum atomic E-state index is -0.229. The van der Waals surface area contributed by atoms with Crippen LogP contribution in [-0.4, -0.2) is 21.9 Å². The van der Waals surface area contributed by atoms with Crippen LogP contribution in [-0.2, 0) is 0 Å². The molecule has 0 atom stereocenters. The first-order valence-electron chi connectivity index (χ1n) is 7.78. The molecule has 1 fully saturated rings. The molecule has 6 heteroatoms. The van der Waals surface area contributed by atoms with Crippen LogP contribution in [0.2, 0.25) is 0 Å². The molecule has 3 rings (SSSR count).